The third-order valence-corrected chi connectivity index (χ3v) is 4.15. The number of nitrogen functional groups attached to an aromatic ring is 1. The monoisotopic (exact) mass is 280 g/mol. The Hall–Kier alpha value is -1.19. The Morgan fingerprint density at radius 3 is 2.61 bits per heavy atom. The van der Waals surface area contributed by atoms with Crippen molar-refractivity contribution in [1.29, 1.82) is 0 Å². The smallest absolute Gasteiger partial charge is 0.0593 e. The van der Waals surface area contributed by atoms with Gasteiger partial charge in [-0.05, 0) is 50.6 Å². The molecule has 2 nitrogen and oxygen atoms in total. The second-order valence-electron chi connectivity index (χ2n) is 4.47. The third-order valence-electron chi connectivity index (χ3n) is 2.93. The van der Waals surface area contributed by atoms with Crippen molar-refractivity contribution >= 4 is 34.3 Å². The molecule has 2 rings (SSSR count). The summed E-state index contributed by atoms with van der Waals surface area (Å²) in [6, 6.07) is 7.92. The summed E-state index contributed by atoms with van der Waals surface area (Å²) in [5.41, 5.74) is 8.86. The molecule has 0 aliphatic heterocycles. The number of thiophene rings is 1. The lowest BCUT2D eigenvalue weighted by Crippen LogP contribution is -2.08. The molecular formula is C14H17ClN2S. The van der Waals surface area contributed by atoms with Crippen molar-refractivity contribution in [3.63, 3.8) is 0 Å². The Balaban J connectivity index is 2.23. The van der Waals surface area contributed by atoms with E-state index in [1.165, 1.54) is 15.3 Å². The van der Waals surface area contributed by atoms with Crippen molar-refractivity contribution < 1.29 is 0 Å². The highest BCUT2D eigenvalue weighted by atomic mass is 35.5. The maximum Gasteiger partial charge on any atom is 0.0593 e. The van der Waals surface area contributed by atoms with E-state index in [1.54, 1.807) is 6.07 Å². The van der Waals surface area contributed by atoms with Gasteiger partial charge in [0.15, 0.2) is 0 Å². The SMILES string of the molecule is Cc1cc(C(C)Nc2cc(Cl)ccc2N)c(C)s1. The number of hydrogen-bond donors (Lipinski definition) is 2. The Bertz CT molecular complexity index is 563. The van der Waals surface area contributed by atoms with Gasteiger partial charge in [-0.2, -0.15) is 0 Å². The van der Waals surface area contributed by atoms with E-state index in [9.17, 15) is 0 Å². The molecule has 0 saturated heterocycles. The molecule has 18 heavy (non-hydrogen) atoms. The van der Waals surface area contributed by atoms with Gasteiger partial charge < -0.3 is 11.1 Å². The minimum atomic E-state index is 0.218. The van der Waals surface area contributed by atoms with Crippen LogP contribution in [0, 0.1) is 13.8 Å². The fourth-order valence-electron chi connectivity index (χ4n) is 2.04. The van der Waals surface area contributed by atoms with Crippen LogP contribution in [0.25, 0.3) is 0 Å². The molecule has 0 aliphatic rings. The molecule has 4 heteroatoms. The molecule has 0 radical (unpaired) electrons. The quantitative estimate of drug-likeness (QED) is 0.795. The number of rotatable bonds is 3. The van der Waals surface area contributed by atoms with Crippen molar-refractivity contribution in [3.8, 4) is 0 Å². The Morgan fingerprint density at radius 1 is 1.28 bits per heavy atom. The largest absolute Gasteiger partial charge is 0.397 e. The predicted molar refractivity (Wildman–Crippen MR) is 81.7 cm³/mol. The van der Waals surface area contributed by atoms with Crippen molar-refractivity contribution in [2.75, 3.05) is 11.1 Å². The van der Waals surface area contributed by atoms with Crippen LogP contribution in [0.4, 0.5) is 11.4 Å². The zero-order chi connectivity index (χ0) is 13.3. The topological polar surface area (TPSA) is 38.0 Å². The molecule has 0 saturated carbocycles. The number of aryl methyl sites for hydroxylation is 2. The van der Waals surface area contributed by atoms with Gasteiger partial charge in [-0.15, -0.1) is 11.3 Å². The van der Waals surface area contributed by atoms with E-state index in [1.807, 2.05) is 23.5 Å². The molecule has 1 aromatic carbocycles. The van der Waals surface area contributed by atoms with Gasteiger partial charge in [0.05, 0.1) is 11.4 Å². The van der Waals surface area contributed by atoms with E-state index in [-0.39, 0.29) is 6.04 Å². The number of nitrogens with one attached hydrogen (secondary N) is 1. The first-order chi connectivity index (χ1) is 8.47. The first-order valence-electron chi connectivity index (χ1n) is 5.86. The lowest BCUT2D eigenvalue weighted by Gasteiger charge is -2.17. The molecule has 0 aliphatic carbocycles. The number of anilines is 2. The van der Waals surface area contributed by atoms with E-state index in [0.29, 0.717) is 5.02 Å². The Labute approximate surface area is 117 Å². The molecule has 0 fully saturated rings. The maximum absolute atomic E-state index is 5.99. The summed E-state index contributed by atoms with van der Waals surface area (Å²) in [4.78, 5) is 2.67. The van der Waals surface area contributed by atoms with E-state index >= 15 is 0 Å². The third kappa shape index (κ3) is 2.79. The van der Waals surface area contributed by atoms with Crippen LogP contribution >= 0.6 is 22.9 Å². The van der Waals surface area contributed by atoms with Crippen molar-refractivity contribution in [3.05, 3.63) is 44.6 Å². The second kappa shape index (κ2) is 5.21. The minimum absolute atomic E-state index is 0.218. The van der Waals surface area contributed by atoms with E-state index in [0.717, 1.165) is 11.4 Å². The van der Waals surface area contributed by atoms with Gasteiger partial charge in [0, 0.05) is 20.8 Å². The Kier molecular flexibility index (Phi) is 3.83. The average Bonchev–Trinajstić information content (AvgIpc) is 2.63. The molecule has 1 heterocycles. The summed E-state index contributed by atoms with van der Waals surface area (Å²) >= 11 is 7.81. The summed E-state index contributed by atoms with van der Waals surface area (Å²) < 4.78 is 0. The Morgan fingerprint density at radius 2 is 2.00 bits per heavy atom. The molecule has 1 atom stereocenters. The summed E-state index contributed by atoms with van der Waals surface area (Å²) in [5.74, 6) is 0. The highest BCUT2D eigenvalue weighted by molar-refractivity contribution is 7.12. The van der Waals surface area contributed by atoms with Gasteiger partial charge in [0.2, 0.25) is 0 Å². The van der Waals surface area contributed by atoms with Crippen LogP contribution in [0.15, 0.2) is 24.3 Å². The molecule has 2 aromatic rings. The predicted octanol–water partition coefficient (Wildman–Crippen LogP) is 4.77. The molecule has 0 spiro atoms. The van der Waals surface area contributed by atoms with Crippen LogP contribution in [0.3, 0.4) is 0 Å². The molecule has 0 amide bonds. The van der Waals surface area contributed by atoms with Gasteiger partial charge >= 0.3 is 0 Å². The summed E-state index contributed by atoms with van der Waals surface area (Å²) in [7, 11) is 0. The van der Waals surface area contributed by atoms with Gasteiger partial charge in [0.25, 0.3) is 0 Å². The highest BCUT2D eigenvalue weighted by Crippen LogP contribution is 2.31. The van der Waals surface area contributed by atoms with Crippen LogP contribution in [0.5, 0.6) is 0 Å². The van der Waals surface area contributed by atoms with Gasteiger partial charge in [0.1, 0.15) is 0 Å². The number of hydrogen-bond acceptors (Lipinski definition) is 3. The summed E-state index contributed by atoms with van der Waals surface area (Å²) in [6.07, 6.45) is 0. The van der Waals surface area contributed by atoms with Crippen molar-refractivity contribution in [1.82, 2.24) is 0 Å². The zero-order valence-electron chi connectivity index (χ0n) is 10.8. The van der Waals surface area contributed by atoms with Crippen molar-refractivity contribution in [2.45, 2.75) is 26.8 Å². The van der Waals surface area contributed by atoms with Gasteiger partial charge in [-0.1, -0.05) is 11.6 Å². The summed E-state index contributed by atoms with van der Waals surface area (Å²) in [5, 5.41) is 4.11. The molecule has 96 valence electrons. The minimum Gasteiger partial charge on any atom is -0.397 e. The van der Waals surface area contributed by atoms with E-state index < -0.39 is 0 Å². The van der Waals surface area contributed by atoms with Crippen LogP contribution < -0.4 is 11.1 Å². The maximum atomic E-state index is 5.99. The van der Waals surface area contributed by atoms with E-state index in [4.69, 9.17) is 17.3 Å². The van der Waals surface area contributed by atoms with Crippen LogP contribution in [-0.2, 0) is 0 Å². The number of nitrogens with two attached hydrogens (primary N) is 1. The standard InChI is InChI=1S/C14H17ClN2S/c1-8-6-12(10(3)18-8)9(2)17-14-7-11(15)4-5-13(14)16/h4-7,9,17H,16H2,1-3H3. The lowest BCUT2D eigenvalue weighted by molar-refractivity contribution is 0.882. The normalized spacial score (nSPS) is 12.4. The molecule has 0 bridgehead atoms. The molecule has 1 unspecified atom stereocenters. The lowest BCUT2D eigenvalue weighted by atomic mass is 10.1. The van der Waals surface area contributed by atoms with Crippen LogP contribution in [0.2, 0.25) is 5.02 Å². The first-order valence-corrected chi connectivity index (χ1v) is 7.05. The van der Waals surface area contributed by atoms with Crippen LogP contribution in [0.1, 0.15) is 28.3 Å². The molecule has 1 aromatic heterocycles. The zero-order valence-corrected chi connectivity index (χ0v) is 12.3. The number of halogens is 1. The fourth-order valence-corrected chi connectivity index (χ4v) is 3.24. The number of benzene rings is 1. The average molecular weight is 281 g/mol. The molecule has 3 N–H and O–H groups in total. The fraction of sp³-hybridized carbons (Fsp3) is 0.286. The summed E-state index contributed by atoms with van der Waals surface area (Å²) in [6.45, 7) is 6.41. The first kappa shape index (κ1) is 13.2. The van der Waals surface area contributed by atoms with Gasteiger partial charge in [-0.3, -0.25) is 0 Å². The molecular weight excluding hydrogens is 264 g/mol. The van der Waals surface area contributed by atoms with Crippen molar-refractivity contribution in [2.24, 2.45) is 0 Å². The highest BCUT2D eigenvalue weighted by Gasteiger charge is 2.12. The van der Waals surface area contributed by atoms with Gasteiger partial charge in [-0.25, -0.2) is 0 Å². The van der Waals surface area contributed by atoms with Crippen LogP contribution in [-0.4, -0.2) is 0 Å². The second-order valence-corrected chi connectivity index (χ2v) is 6.36. The van der Waals surface area contributed by atoms with E-state index in [2.05, 4.69) is 32.2 Å².